The SMILES string of the molecule is CCCCCCCCCCC1(CCCCCCCCCC)OC1(C)CN. The van der Waals surface area contributed by atoms with Crippen molar-refractivity contribution in [3.8, 4) is 0 Å². The van der Waals surface area contributed by atoms with Crippen molar-refractivity contribution in [3.05, 3.63) is 0 Å². The minimum atomic E-state index is -0.0325. The molecule has 0 aliphatic carbocycles. The Morgan fingerprint density at radius 1 is 0.577 bits per heavy atom. The van der Waals surface area contributed by atoms with Crippen molar-refractivity contribution >= 4 is 0 Å². The van der Waals surface area contributed by atoms with E-state index in [9.17, 15) is 0 Å². The van der Waals surface area contributed by atoms with Crippen molar-refractivity contribution in [2.45, 2.75) is 148 Å². The molecule has 1 fully saturated rings. The summed E-state index contributed by atoms with van der Waals surface area (Å²) < 4.78 is 6.24. The van der Waals surface area contributed by atoms with Gasteiger partial charge in [-0.2, -0.15) is 0 Å². The number of hydrogen-bond acceptors (Lipinski definition) is 2. The summed E-state index contributed by atoms with van der Waals surface area (Å²) in [6.07, 6.45) is 24.7. The second kappa shape index (κ2) is 14.0. The molecule has 2 heteroatoms. The van der Waals surface area contributed by atoms with Gasteiger partial charge in [-0.25, -0.2) is 0 Å². The highest BCUT2D eigenvalue weighted by molar-refractivity contribution is 5.13. The summed E-state index contributed by atoms with van der Waals surface area (Å²) in [4.78, 5) is 0. The van der Waals surface area contributed by atoms with Crippen molar-refractivity contribution in [1.29, 1.82) is 0 Å². The Bertz CT molecular complexity index is 310. The average molecular weight is 368 g/mol. The lowest BCUT2D eigenvalue weighted by Crippen LogP contribution is -2.31. The first kappa shape index (κ1) is 24.0. The second-order valence-electron chi connectivity index (χ2n) is 8.98. The van der Waals surface area contributed by atoms with Crippen LogP contribution < -0.4 is 5.73 Å². The van der Waals surface area contributed by atoms with E-state index in [1.165, 1.54) is 116 Å². The highest BCUT2D eigenvalue weighted by Crippen LogP contribution is 2.53. The van der Waals surface area contributed by atoms with Gasteiger partial charge in [0.15, 0.2) is 0 Å². The standard InChI is InChI=1S/C24H49NO/c1-4-6-8-10-12-14-16-18-20-24(23(3,22-25)26-24)21-19-17-15-13-11-9-7-5-2/h4-22,25H2,1-3H3. The van der Waals surface area contributed by atoms with Crippen LogP contribution >= 0.6 is 0 Å². The molecule has 0 saturated carbocycles. The van der Waals surface area contributed by atoms with Crippen molar-refractivity contribution in [2.75, 3.05) is 6.54 Å². The predicted octanol–water partition coefficient (Wildman–Crippen LogP) is 7.53. The monoisotopic (exact) mass is 367 g/mol. The zero-order valence-electron chi connectivity index (χ0n) is 18.4. The van der Waals surface area contributed by atoms with Gasteiger partial charge in [0.05, 0.1) is 5.60 Å². The normalized spacial score (nSPS) is 21.2. The molecule has 1 rings (SSSR count). The first-order valence-corrected chi connectivity index (χ1v) is 12.0. The second-order valence-corrected chi connectivity index (χ2v) is 8.98. The molecule has 0 bridgehead atoms. The van der Waals surface area contributed by atoms with Gasteiger partial charge in [0.25, 0.3) is 0 Å². The van der Waals surface area contributed by atoms with Crippen molar-refractivity contribution in [3.63, 3.8) is 0 Å². The topological polar surface area (TPSA) is 38.5 Å². The molecule has 1 aliphatic rings. The van der Waals surface area contributed by atoms with Gasteiger partial charge in [-0.05, 0) is 19.8 Å². The van der Waals surface area contributed by atoms with E-state index in [1.54, 1.807) is 0 Å². The van der Waals surface area contributed by atoms with Crippen LogP contribution in [0.15, 0.2) is 0 Å². The Morgan fingerprint density at radius 3 is 1.23 bits per heavy atom. The molecule has 1 atom stereocenters. The summed E-state index contributed by atoms with van der Waals surface area (Å²) in [5, 5.41) is 0. The molecular weight excluding hydrogens is 318 g/mol. The van der Waals surface area contributed by atoms with Gasteiger partial charge >= 0.3 is 0 Å². The van der Waals surface area contributed by atoms with Gasteiger partial charge in [-0.15, -0.1) is 0 Å². The number of ether oxygens (including phenoxy) is 1. The molecule has 0 amide bonds. The first-order valence-electron chi connectivity index (χ1n) is 12.0. The van der Waals surface area contributed by atoms with Crippen molar-refractivity contribution in [2.24, 2.45) is 5.73 Å². The van der Waals surface area contributed by atoms with E-state index in [4.69, 9.17) is 10.5 Å². The van der Waals surface area contributed by atoms with Crippen LogP contribution in [0.1, 0.15) is 136 Å². The third-order valence-corrected chi connectivity index (χ3v) is 6.60. The molecule has 1 heterocycles. The van der Waals surface area contributed by atoms with E-state index < -0.39 is 0 Å². The van der Waals surface area contributed by atoms with Crippen molar-refractivity contribution < 1.29 is 4.74 Å². The van der Waals surface area contributed by atoms with Crippen molar-refractivity contribution in [1.82, 2.24) is 0 Å². The number of epoxide rings is 1. The van der Waals surface area contributed by atoms with Crippen LogP contribution in [0, 0.1) is 0 Å². The summed E-state index contributed by atoms with van der Waals surface area (Å²) in [5.41, 5.74) is 6.10. The van der Waals surface area contributed by atoms with Crippen LogP contribution in [0.5, 0.6) is 0 Å². The lowest BCUT2D eigenvalue weighted by atomic mass is 9.84. The van der Waals surface area contributed by atoms with Crippen LogP contribution in [0.25, 0.3) is 0 Å². The fourth-order valence-electron chi connectivity index (χ4n) is 4.48. The molecule has 1 saturated heterocycles. The van der Waals surface area contributed by atoms with Crippen LogP contribution in [0.4, 0.5) is 0 Å². The molecular formula is C24H49NO. The molecule has 26 heavy (non-hydrogen) atoms. The molecule has 0 spiro atoms. The molecule has 1 aliphatic heterocycles. The summed E-state index contributed by atoms with van der Waals surface area (Å²) in [5.74, 6) is 0. The molecule has 2 N–H and O–H groups in total. The Hall–Kier alpha value is -0.0800. The molecule has 0 aromatic heterocycles. The minimum absolute atomic E-state index is 0.0325. The number of hydrogen-bond donors (Lipinski definition) is 1. The summed E-state index contributed by atoms with van der Waals surface area (Å²) in [6.45, 7) is 7.50. The molecule has 1 unspecified atom stereocenters. The number of unbranched alkanes of at least 4 members (excludes halogenated alkanes) is 14. The fourth-order valence-corrected chi connectivity index (χ4v) is 4.48. The first-order chi connectivity index (χ1) is 12.6. The van der Waals surface area contributed by atoms with Crippen LogP contribution in [-0.4, -0.2) is 17.7 Å². The Labute approximate surface area is 165 Å². The maximum absolute atomic E-state index is 6.24. The molecule has 0 aromatic carbocycles. The third-order valence-electron chi connectivity index (χ3n) is 6.60. The largest absolute Gasteiger partial charge is 0.361 e. The van der Waals surface area contributed by atoms with Gasteiger partial charge in [-0.1, -0.05) is 117 Å². The molecule has 0 radical (unpaired) electrons. The zero-order valence-corrected chi connectivity index (χ0v) is 18.4. The van der Waals surface area contributed by atoms with Gasteiger partial charge in [-0.3, -0.25) is 0 Å². The van der Waals surface area contributed by atoms with E-state index >= 15 is 0 Å². The maximum atomic E-state index is 6.24. The quantitative estimate of drug-likeness (QED) is 0.189. The van der Waals surface area contributed by atoms with Crippen LogP contribution in [-0.2, 0) is 4.74 Å². The van der Waals surface area contributed by atoms with Gasteiger partial charge in [0.1, 0.15) is 5.60 Å². The van der Waals surface area contributed by atoms with Crippen LogP contribution in [0.2, 0.25) is 0 Å². The highest BCUT2D eigenvalue weighted by atomic mass is 16.6. The lowest BCUT2D eigenvalue weighted by Gasteiger charge is -2.16. The molecule has 0 aromatic rings. The summed E-state index contributed by atoms with van der Waals surface area (Å²) in [7, 11) is 0. The molecule has 2 nitrogen and oxygen atoms in total. The van der Waals surface area contributed by atoms with E-state index in [2.05, 4.69) is 20.8 Å². The third kappa shape index (κ3) is 8.74. The summed E-state index contributed by atoms with van der Waals surface area (Å²) >= 11 is 0. The zero-order chi connectivity index (χ0) is 19.1. The van der Waals surface area contributed by atoms with Gasteiger partial charge in [0.2, 0.25) is 0 Å². The highest BCUT2D eigenvalue weighted by Gasteiger charge is 2.64. The Morgan fingerprint density at radius 2 is 0.923 bits per heavy atom. The minimum Gasteiger partial charge on any atom is -0.361 e. The average Bonchev–Trinajstić information content (AvgIpc) is 3.24. The smallest absolute Gasteiger partial charge is 0.107 e. The van der Waals surface area contributed by atoms with E-state index in [-0.39, 0.29) is 11.2 Å². The molecule has 156 valence electrons. The van der Waals surface area contributed by atoms with Crippen LogP contribution in [0.3, 0.4) is 0 Å². The summed E-state index contributed by atoms with van der Waals surface area (Å²) in [6, 6.07) is 0. The lowest BCUT2D eigenvalue weighted by molar-refractivity contribution is 0.243. The number of rotatable bonds is 19. The van der Waals surface area contributed by atoms with Gasteiger partial charge < -0.3 is 10.5 Å². The van der Waals surface area contributed by atoms with E-state index in [1.807, 2.05) is 0 Å². The fraction of sp³-hybridized carbons (Fsp3) is 1.00. The van der Waals surface area contributed by atoms with E-state index in [0.717, 1.165) is 0 Å². The number of nitrogens with two attached hydrogens (primary N) is 1. The Balaban J connectivity index is 2.11. The maximum Gasteiger partial charge on any atom is 0.107 e. The Kier molecular flexibility index (Phi) is 12.9. The van der Waals surface area contributed by atoms with Gasteiger partial charge in [0, 0.05) is 6.54 Å². The van der Waals surface area contributed by atoms with E-state index in [0.29, 0.717) is 6.54 Å². The predicted molar refractivity (Wildman–Crippen MR) is 116 cm³/mol.